The van der Waals surface area contributed by atoms with E-state index in [1.807, 2.05) is 23.8 Å². The standard InChI is InChI=1S/C40H42N4S/c1-23-17-25(3)37(26(4)18-23)39-33-13-11-29(43-33)21-41-31-9-7-8-10-32(31)42-22-30-12-14-34(44-30)40(36-16-15-35(39)45-36)38-27(5)19-24(2)20-28(38)6/h11-22,31-32,43-44H,7-10H2,1-6H3/b39-35-,40-36?,41-21?,42-22?/t31-,32+/m0/s1. The number of hydrogen-bond donors (Lipinski definition) is 2. The summed E-state index contributed by atoms with van der Waals surface area (Å²) >= 11 is 1.86. The highest BCUT2D eigenvalue weighted by atomic mass is 32.1. The number of aliphatic imine (C=N–C) groups is 2. The summed E-state index contributed by atoms with van der Waals surface area (Å²) in [5, 5.41) is 0. The molecule has 2 aromatic carbocycles. The molecular weight excluding hydrogens is 569 g/mol. The van der Waals surface area contributed by atoms with E-state index in [2.05, 4.69) is 112 Å². The number of aromatic amines is 2. The summed E-state index contributed by atoms with van der Waals surface area (Å²) in [6.07, 6.45) is 8.62. The highest BCUT2D eigenvalue weighted by Gasteiger charge is 2.24. The van der Waals surface area contributed by atoms with Gasteiger partial charge in [0.15, 0.2) is 0 Å². The number of thiophene rings is 1. The molecule has 2 atom stereocenters. The number of rotatable bonds is 2. The van der Waals surface area contributed by atoms with Crippen LogP contribution in [0.1, 0.15) is 93.0 Å². The minimum atomic E-state index is 0.191. The Balaban J connectivity index is 1.57. The molecule has 4 nitrogen and oxygen atoms in total. The van der Waals surface area contributed by atoms with Crippen LogP contribution < -0.4 is 9.06 Å². The predicted molar refractivity (Wildman–Crippen MR) is 191 cm³/mol. The first-order valence-electron chi connectivity index (χ1n) is 16.2. The third-order valence-corrected chi connectivity index (χ3v) is 10.5. The van der Waals surface area contributed by atoms with Gasteiger partial charge in [-0.3, -0.25) is 9.98 Å². The zero-order chi connectivity index (χ0) is 31.2. The maximum Gasteiger partial charge on any atom is 0.0723 e. The Morgan fingerprint density at radius 3 is 1.36 bits per heavy atom. The molecule has 6 bridgehead atoms. The van der Waals surface area contributed by atoms with Gasteiger partial charge in [0.25, 0.3) is 0 Å². The summed E-state index contributed by atoms with van der Waals surface area (Å²) in [6, 6.07) is 23.0. The Bertz CT molecular complexity index is 1900. The maximum atomic E-state index is 5.10. The van der Waals surface area contributed by atoms with E-state index < -0.39 is 0 Å². The number of benzene rings is 2. The number of fused-ring (bicyclic) bond motifs is 7. The second kappa shape index (κ2) is 11.9. The Labute approximate surface area is 270 Å². The number of aryl methyl sites for hydroxylation is 6. The predicted octanol–water partition coefficient (Wildman–Crippen LogP) is 7.91. The van der Waals surface area contributed by atoms with E-state index in [4.69, 9.17) is 9.98 Å². The number of H-pyrrole nitrogens is 2. The zero-order valence-electron chi connectivity index (χ0n) is 27.2. The second-order valence-electron chi connectivity index (χ2n) is 13.1. The average Bonchev–Trinajstić information content (AvgIpc) is 3.76. The van der Waals surface area contributed by atoms with Crippen molar-refractivity contribution in [1.29, 1.82) is 0 Å². The third-order valence-electron chi connectivity index (χ3n) is 9.41. The van der Waals surface area contributed by atoms with Crippen LogP contribution in [-0.2, 0) is 0 Å². The van der Waals surface area contributed by atoms with Gasteiger partial charge in [-0.25, -0.2) is 0 Å². The van der Waals surface area contributed by atoms with Crippen LogP contribution in [0.3, 0.4) is 0 Å². The van der Waals surface area contributed by atoms with Gasteiger partial charge in [0.1, 0.15) is 0 Å². The molecule has 1 fully saturated rings. The van der Waals surface area contributed by atoms with Crippen molar-refractivity contribution in [2.75, 3.05) is 0 Å². The lowest BCUT2D eigenvalue weighted by atomic mass is 9.91. The summed E-state index contributed by atoms with van der Waals surface area (Å²) in [5.74, 6) is 0. The van der Waals surface area contributed by atoms with Gasteiger partial charge < -0.3 is 9.97 Å². The topological polar surface area (TPSA) is 56.3 Å². The summed E-state index contributed by atoms with van der Waals surface area (Å²) in [5.41, 5.74) is 17.1. The van der Waals surface area contributed by atoms with Crippen molar-refractivity contribution in [2.45, 2.75) is 79.3 Å². The van der Waals surface area contributed by atoms with Crippen molar-refractivity contribution in [3.05, 3.63) is 137 Å². The van der Waals surface area contributed by atoms with Gasteiger partial charge in [0.05, 0.1) is 23.5 Å². The fourth-order valence-corrected chi connectivity index (χ4v) is 8.73. The summed E-state index contributed by atoms with van der Waals surface area (Å²) in [6.45, 7) is 13.3. The van der Waals surface area contributed by atoms with Crippen molar-refractivity contribution < 1.29 is 0 Å². The van der Waals surface area contributed by atoms with Crippen molar-refractivity contribution in [1.82, 2.24) is 9.97 Å². The van der Waals surface area contributed by atoms with Crippen LogP contribution in [-0.4, -0.2) is 34.5 Å². The number of nitrogens with zero attached hydrogens (tertiary/aromatic N) is 2. The minimum absolute atomic E-state index is 0.191. The first-order chi connectivity index (χ1) is 21.7. The molecule has 2 N–H and O–H groups in total. The van der Waals surface area contributed by atoms with Gasteiger partial charge in [-0.1, -0.05) is 48.2 Å². The average molecular weight is 611 g/mol. The van der Waals surface area contributed by atoms with E-state index in [-0.39, 0.29) is 12.1 Å². The van der Waals surface area contributed by atoms with Gasteiger partial charge in [-0.15, -0.1) is 11.3 Å². The monoisotopic (exact) mass is 610 g/mol. The normalized spacial score (nSPS) is 19.5. The lowest BCUT2D eigenvalue weighted by molar-refractivity contribution is 0.390. The SMILES string of the molecule is Cc1cc(C)c(C2=c3cc/c(s3)=C(/c3c(C)cc(C)cc3C)c3ccc([nH]3)C=N[C@H]3CCCC[C@H]3N=Cc3ccc2[nH]3)c(C)c1. The molecule has 0 radical (unpaired) electrons. The van der Waals surface area contributed by atoms with Gasteiger partial charge in [-0.05, 0) is 124 Å². The molecule has 45 heavy (non-hydrogen) atoms. The van der Waals surface area contributed by atoms with Crippen LogP contribution >= 0.6 is 11.3 Å². The smallest absolute Gasteiger partial charge is 0.0723 e. The van der Waals surface area contributed by atoms with Crippen LogP contribution in [0.2, 0.25) is 0 Å². The number of hydrogen-bond acceptors (Lipinski definition) is 3. The molecule has 0 saturated heterocycles. The Hall–Kier alpha value is -4.22. The molecule has 1 saturated carbocycles. The van der Waals surface area contributed by atoms with Crippen LogP contribution in [0.15, 0.2) is 70.6 Å². The molecule has 1 aliphatic carbocycles. The van der Waals surface area contributed by atoms with Gasteiger partial charge >= 0.3 is 0 Å². The molecule has 5 aromatic rings. The van der Waals surface area contributed by atoms with Crippen molar-refractivity contribution in [2.24, 2.45) is 9.98 Å². The van der Waals surface area contributed by atoms with Crippen molar-refractivity contribution in [3.8, 4) is 0 Å². The highest BCUT2D eigenvalue weighted by Crippen LogP contribution is 2.31. The molecule has 3 aromatic heterocycles. The van der Waals surface area contributed by atoms with E-state index in [1.165, 1.54) is 77.6 Å². The molecule has 0 spiro atoms. The summed E-state index contributed by atoms with van der Waals surface area (Å²) < 4.78 is 2.49. The third kappa shape index (κ3) is 5.70. The van der Waals surface area contributed by atoms with Crippen molar-refractivity contribution in [3.63, 3.8) is 0 Å². The van der Waals surface area contributed by atoms with E-state index >= 15 is 0 Å². The molecule has 2 aliphatic rings. The van der Waals surface area contributed by atoms with Crippen LogP contribution in [0.4, 0.5) is 0 Å². The second-order valence-corrected chi connectivity index (χ2v) is 14.2. The molecule has 5 heteroatoms. The van der Waals surface area contributed by atoms with E-state index in [0.29, 0.717) is 0 Å². The first kappa shape index (κ1) is 29.5. The Morgan fingerprint density at radius 1 is 0.556 bits per heavy atom. The zero-order valence-corrected chi connectivity index (χ0v) is 28.0. The van der Waals surface area contributed by atoms with Gasteiger partial charge in [-0.2, -0.15) is 0 Å². The van der Waals surface area contributed by atoms with Crippen LogP contribution in [0.5, 0.6) is 0 Å². The number of aromatic nitrogens is 2. The molecule has 228 valence electrons. The fourth-order valence-electron chi connectivity index (χ4n) is 7.59. The van der Waals surface area contributed by atoms with Crippen LogP contribution in [0.25, 0.3) is 11.1 Å². The van der Waals surface area contributed by atoms with E-state index in [1.54, 1.807) is 0 Å². The quantitative estimate of drug-likeness (QED) is 0.204. The van der Waals surface area contributed by atoms with Gasteiger partial charge in [0.2, 0.25) is 0 Å². The minimum Gasteiger partial charge on any atom is -0.354 e. The van der Waals surface area contributed by atoms with Crippen molar-refractivity contribution >= 4 is 34.9 Å². The Kier molecular flexibility index (Phi) is 7.83. The van der Waals surface area contributed by atoms with Crippen LogP contribution in [0, 0.1) is 41.5 Å². The molecule has 1 aliphatic heterocycles. The fraction of sp³-hybridized carbons (Fsp3) is 0.300. The Morgan fingerprint density at radius 2 is 0.956 bits per heavy atom. The molecule has 7 rings (SSSR count). The highest BCUT2D eigenvalue weighted by molar-refractivity contribution is 7.08. The molecule has 4 heterocycles. The van der Waals surface area contributed by atoms with E-state index in [9.17, 15) is 0 Å². The lowest BCUT2D eigenvalue weighted by Crippen LogP contribution is -2.27. The lowest BCUT2D eigenvalue weighted by Gasteiger charge is -2.25. The molecular formula is C40H42N4S. The summed E-state index contributed by atoms with van der Waals surface area (Å²) in [4.78, 5) is 17.7. The number of nitrogens with one attached hydrogen (secondary N) is 2. The molecule has 0 unspecified atom stereocenters. The first-order valence-corrected chi connectivity index (χ1v) is 17.0. The summed E-state index contributed by atoms with van der Waals surface area (Å²) in [7, 11) is 0. The molecule has 0 amide bonds. The van der Waals surface area contributed by atoms with Gasteiger partial charge in [0, 0.05) is 44.0 Å². The van der Waals surface area contributed by atoms with E-state index in [0.717, 1.165) is 35.6 Å². The largest absolute Gasteiger partial charge is 0.354 e. The maximum absolute atomic E-state index is 5.10.